The zero-order chi connectivity index (χ0) is 16.0. The number of carboxylic acid groups (broad SMARTS) is 1. The Labute approximate surface area is 127 Å². The van der Waals surface area contributed by atoms with Crippen LogP contribution in [0.4, 0.5) is 4.79 Å². The highest BCUT2D eigenvalue weighted by Crippen LogP contribution is 2.11. The summed E-state index contributed by atoms with van der Waals surface area (Å²) < 4.78 is 0. The summed E-state index contributed by atoms with van der Waals surface area (Å²) in [5.74, 6) is -0.335. The minimum atomic E-state index is -0.956. The van der Waals surface area contributed by atoms with Crippen molar-refractivity contribution in [3.8, 4) is 0 Å². The topological polar surface area (TPSA) is 64.1 Å². The summed E-state index contributed by atoms with van der Waals surface area (Å²) in [6, 6.07) is -0.196. The van der Waals surface area contributed by atoms with E-state index in [1.54, 1.807) is 4.90 Å². The van der Waals surface area contributed by atoms with E-state index >= 15 is 0 Å². The first kappa shape index (κ1) is 17.8. The molecule has 1 atom stereocenters. The maximum absolute atomic E-state index is 12.5. The van der Waals surface area contributed by atoms with Gasteiger partial charge in [0.15, 0.2) is 0 Å². The Morgan fingerprint density at radius 2 is 1.71 bits per heavy atom. The molecule has 0 bridgehead atoms. The lowest BCUT2D eigenvalue weighted by Gasteiger charge is -2.39. The third kappa shape index (κ3) is 5.53. The van der Waals surface area contributed by atoms with Gasteiger partial charge in [0.25, 0.3) is 0 Å². The van der Waals surface area contributed by atoms with Crippen molar-refractivity contribution in [2.45, 2.75) is 40.2 Å². The van der Waals surface area contributed by atoms with E-state index in [-0.39, 0.29) is 18.6 Å². The predicted molar refractivity (Wildman–Crippen MR) is 82.3 cm³/mol. The van der Waals surface area contributed by atoms with Crippen molar-refractivity contribution >= 4 is 12.0 Å². The van der Waals surface area contributed by atoms with Gasteiger partial charge in [-0.1, -0.05) is 20.8 Å². The van der Waals surface area contributed by atoms with Gasteiger partial charge in [-0.2, -0.15) is 0 Å². The Morgan fingerprint density at radius 1 is 1.14 bits per heavy atom. The number of amides is 2. The summed E-state index contributed by atoms with van der Waals surface area (Å²) in [4.78, 5) is 29.1. The Bertz CT molecular complexity index is 352. The molecule has 1 fully saturated rings. The van der Waals surface area contributed by atoms with Crippen LogP contribution in [0.3, 0.4) is 0 Å². The van der Waals surface area contributed by atoms with Crippen LogP contribution in [0.5, 0.6) is 0 Å². The lowest BCUT2D eigenvalue weighted by Crippen LogP contribution is -2.55. The molecule has 0 aliphatic carbocycles. The highest BCUT2D eigenvalue weighted by Gasteiger charge is 2.28. The zero-order valence-electron chi connectivity index (χ0n) is 13.7. The first-order chi connectivity index (χ1) is 9.85. The van der Waals surface area contributed by atoms with Gasteiger partial charge in [0.2, 0.25) is 0 Å². The number of carbonyl (C=O) groups excluding carboxylic acids is 1. The van der Waals surface area contributed by atoms with Crippen LogP contribution in [0.1, 0.15) is 34.1 Å². The number of hydrogen-bond acceptors (Lipinski definition) is 3. The van der Waals surface area contributed by atoms with E-state index in [0.717, 1.165) is 26.1 Å². The van der Waals surface area contributed by atoms with Crippen LogP contribution in [-0.4, -0.2) is 77.1 Å². The van der Waals surface area contributed by atoms with E-state index in [4.69, 9.17) is 5.11 Å². The third-order valence-electron chi connectivity index (χ3n) is 3.94. The molecule has 2 amide bonds. The summed E-state index contributed by atoms with van der Waals surface area (Å²) in [6.07, 6.45) is 0.756. The van der Waals surface area contributed by atoms with Gasteiger partial charge in [-0.3, -0.25) is 9.69 Å². The van der Waals surface area contributed by atoms with E-state index in [2.05, 4.69) is 18.7 Å². The number of carbonyl (C=O) groups is 2. The van der Waals surface area contributed by atoms with Gasteiger partial charge < -0.3 is 14.9 Å². The number of aliphatic carboxylic acids is 1. The van der Waals surface area contributed by atoms with E-state index in [1.807, 2.05) is 13.8 Å². The fourth-order valence-corrected chi connectivity index (χ4v) is 2.60. The highest BCUT2D eigenvalue weighted by molar-refractivity contribution is 5.80. The third-order valence-corrected chi connectivity index (χ3v) is 3.94. The fraction of sp³-hybridized carbons (Fsp3) is 0.867. The van der Waals surface area contributed by atoms with Gasteiger partial charge in [0.1, 0.15) is 6.54 Å². The normalized spacial score (nSPS) is 17.9. The fourth-order valence-electron chi connectivity index (χ4n) is 2.60. The standard InChI is InChI=1S/C15H29N3O3/c1-5-13(4)18(11-14(19)20)15(21)17-8-6-16(7-9-17)10-12(2)3/h12-13H,5-11H2,1-4H3,(H,19,20). The lowest BCUT2D eigenvalue weighted by molar-refractivity contribution is -0.138. The summed E-state index contributed by atoms with van der Waals surface area (Å²) in [5.41, 5.74) is 0. The van der Waals surface area contributed by atoms with Crippen molar-refractivity contribution in [2.24, 2.45) is 5.92 Å². The average Bonchev–Trinajstić information content (AvgIpc) is 2.43. The van der Waals surface area contributed by atoms with Gasteiger partial charge in [0, 0.05) is 38.8 Å². The minimum Gasteiger partial charge on any atom is -0.480 e. The van der Waals surface area contributed by atoms with Crippen molar-refractivity contribution < 1.29 is 14.7 Å². The Balaban J connectivity index is 2.58. The molecule has 1 unspecified atom stereocenters. The number of urea groups is 1. The second kappa shape index (κ2) is 8.22. The molecule has 6 heteroatoms. The van der Waals surface area contributed by atoms with Gasteiger partial charge in [-0.25, -0.2) is 4.79 Å². The molecule has 0 saturated carbocycles. The number of hydrogen-bond donors (Lipinski definition) is 1. The molecule has 1 saturated heterocycles. The molecule has 1 heterocycles. The molecule has 1 rings (SSSR count). The van der Waals surface area contributed by atoms with Crippen LogP contribution in [0.15, 0.2) is 0 Å². The van der Waals surface area contributed by atoms with E-state index < -0.39 is 5.97 Å². The van der Waals surface area contributed by atoms with Crippen molar-refractivity contribution in [1.82, 2.24) is 14.7 Å². The summed E-state index contributed by atoms with van der Waals surface area (Å²) >= 11 is 0. The molecule has 122 valence electrons. The SMILES string of the molecule is CCC(C)N(CC(=O)O)C(=O)N1CCN(CC(C)C)CC1. The van der Waals surface area contributed by atoms with Gasteiger partial charge in [-0.15, -0.1) is 0 Å². The highest BCUT2D eigenvalue weighted by atomic mass is 16.4. The maximum Gasteiger partial charge on any atom is 0.323 e. The molecule has 0 aromatic heterocycles. The number of rotatable bonds is 6. The first-order valence-corrected chi connectivity index (χ1v) is 7.84. The molecule has 1 aliphatic heterocycles. The van der Waals surface area contributed by atoms with E-state index in [1.165, 1.54) is 4.90 Å². The van der Waals surface area contributed by atoms with Crippen LogP contribution in [0.2, 0.25) is 0 Å². The molecule has 0 aromatic carbocycles. The second-order valence-corrected chi connectivity index (χ2v) is 6.24. The van der Waals surface area contributed by atoms with Crippen molar-refractivity contribution in [3.05, 3.63) is 0 Å². The molecule has 0 spiro atoms. The first-order valence-electron chi connectivity index (χ1n) is 7.84. The molecule has 6 nitrogen and oxygen atoms in total. The average molecular weight is 299 g/mol. The molecular weight excluding hydrogens is 270 g/mol. The van der Waals surface area contributed by atoms with Gasteiger partial charge >= 0.3 is 12.0 Å². The quantitative estimate of drug-likeness (QED) is 0.808. The van der Waals surface area contributed by atoms with Crippen molar-refractivity contribution in [2.75, 3.05) is 39.3 Å². The Hall–Kier alpha value is -1.30. The molecule has 0 aromatic rings. The van der Waals surface area contributed by atoms with Crippen LogP contribution in [-0.2, 0) is 4.79 Å². The van der Waals surface area contributed by atoms with Gasteiger partial charge in [-0.05, 0) is 19.3 Å². The van der Waals surface area contributed by atoms with Gasteiger partial charge in [0.05, 0.1) is 0 Å². The summed E-state index contributed by atoms with van der Waals surface area (Å²) in [5, 5.41) is 9.00. The maximum atomic E-state index is 12.5. The summed E-state index contributed by atoms with van der Waals surface area (Å²) in [7, 11) is 0. The Morgan fingerprint density at radius 3 is 2.14 bits per heavy atom. The Kier molecular flexibility index (Phi) is 6.95. The largest absolute Gasteiger partial charge is 0.480 e. The molecular formula is C15H29N3O3. The van der Waals surface area contributed by atoms with Crippen LogP contribution >= 0.6 is 0 Å². The van der Waals surface area contributed by atoms with E-state index in [9.17, 15) is 9.59 Å². The van der Waals surface area contributed by atoms with Crippen LogP contribution in [0.25, 0.3) is 0 Å². The summed E-state index contributed by atoms with van der Waals surface area (Å²) in [6.45, 7) is 12.2. The zero-order valence-corrected chi connectivity index (χ0v) is 13.7. The smallest absolute Gasteiger partial charge is 0.323 e. The lowest BCUT2D eigenvalue weighted by atomic mass is 10.2. The number of piperazine rings is 1. The predicted octanol–water partition coefficient (Wildman–Crippen LogP) is 1.57. The molecule has 1 N–H and O–H groups in total. The van der Waals surface area contributed by atoms with E-state index in [0.29, 0.717) is 19.0 Å². The monoisotopic (exact) mass is 299 g/mol. The van der Waals surface area contributed by atoms with Crippen LogP contribution < -0.4 is 0 Å². The molecule has 1 aliphatic rings. The second-order valence-electron chi connectivity index (χ2n) is 6.24. The van der Waals surface area contributed by atoms with Crippen molar-refractivity contribution in [1.29, 1.82) is 0 Å². The van der Waals surface area contributed by atoms with Crippen LogP contribution in [0, 0.1) is 5.92 Å². The van der Waals surface area contributed by atoms with Crippen molar-refractivity contribution in [3.63, 3.8) is 0 Å². The number of nitrogens with zero attached hydrogens (tertiary/aromatic N) is 3. The minimum absolute atomic E-state index is 0.0534. The molecule has 0 radical (unpaired) electrons. The molecule has 21 heavy (non-hydrogen) atoms. The number of carboxylic acids is 1.